The molecule has 2 aromatic carbocycles. The van der Waals surface area contributed by atoms with E-state index in [1.165, 1.54) is 7.11 Å². The molecule has 3 aromatic heterocycles. The normalized spacial score (nSPS) is 13.3. The molecule has 0 amide bonds. The van der Waals surface area contributed by atoms with Crippen molar-refractivity contribution >= 4 is 28.7 Å². The summed E-state index contributed by atoms with van der Waals surface area (Å²) in [5, 5.41) is 8.94. The molecule has 174 valence electrons. The zero-order chi connectivity index (χ0) is 24.1. The molecule has 9 heteroatoms. The molecular weight excluding hydrogens is 466 g/mol. The van der Waals surface area contributed by atoms with Crippen LogP contribution in [0.3, 0.4) is 0 Å². The van der Waals surface area contributed by atoms with Crippen LogP contribution in [0.1, 0.15) is 34.8 Å². The van der Waals surface area contributed by atoms with Crippen molar-refractivity contribution in [2.75, 3.05) is 7.11 Å². The molecule has 1 aliphatic rings. The standard InChI is InChI=1S/C26H20ClN5O3/c1-32-13-28-31-24(32)19-12-17(27)6-7-18(19)16-10-20(14-3-4-14)29-22(11-16)25-30-21-9-15(26(33)34-2)5-8-23(21)35-25/h5-14H,3-4H2,1-2H3. The van der Waals surface area contributed by atoms with Crippen LogP contribution in [-0.4, -0.2) is 37.8 Å². The minimum atomic E-state index is -0.424. The van der Waals surface area contributed by atoms with Gasteiger partial charge in [-0.2, -0.15) is 0 Å². The summed E-state index contributed by atoms with van der Waals surface area (Å²) in [5.74, 6) is 1.09. The number of pyridine rings is 1. The highest BCUT2D eigenvalue weighted by Crippen LogP contribution is 2.43. The fraction of sp³-hybridized carbons (Fsp3) is 0.192. The summed E-state index contributed by atoms with van der Waals surface area (Å²) in [6.45, 7) is 0. The van der Waals surface area contributed by atoms with Crippen LogP contribution in [0.15, 0.2) is 59.3 Å². The summed E-state index contributed by atoms with van der Waals surface area (Å²) < 4.78 is 12.7. The SMILES string of the molecule is COC(=O)c1ccc2oc(-c3cc(-c4ccc(Cl)cc4-c4nncn4C)cc(C4CC4)n3)nc2c1. The van der Waals surface area contributed by atoms with Gasteiger partial charge in [-0.15, -0.1) is 10.2 Å². The van der Waals surface area contributed by atoms with Gasteiger partial charge in [-0.05, 0) is 66.4 Å². The predicted octanol–water partition coefficient (Wildman–Crippen LogP) is 5.67. The Labute approximate surface area is 205 Å². The number of carbonyl (C=O) groups is 1. The molecule has 8 nitrogen and oxygen atoms in total. The van der Waals surface area contributed by atoms with Crippen LogP contribution in [0.5, 0.6) is 0 Å². The van der Waals surface area contributed by atoms with Gasteiger partial charge >= 0.3 is 5.97 Å². The van der Waals surface area contributed by atoms with Crippen LogP contribution < -0.4 is 0 Å². The van der Waals surface area contributed by atoms with Crippen molar-refractivity contribution in [1.29, 1.82) is 0 Å². The third-order valence-corrected chi connectivity index (χ3v) is 6.35. The van der Waals surface area contributed by atoms with Crippen molar-refractivity contribution in [3.63, 3.8) is 0 Å². The van der Waals surface area contributed by atoms with Crippen LogP contribution >= 0.6 is 11.6 Å². The average molecular weight is 486 g/mol. The van der Waals surface area contributed by atoms with E-state index in [1.54, 1.807) is 24.5 Å². The van der Waals surface area contributed by atoms with Gasteiger partial charge in [0.25, 0.3) is 0 Å². The number of methoxy groups -OCH3 is 1. The Morgan fingerprint density at radius 3 is 2.69 bits per heavy atom. The number of esters is 1. The van der Waals surface area contributed by atoms with E-state index in [1.807, 2.05) is 35.9 Å². The Morgan fingerprint density at radius 2 is 1.94 bits per heavy atom. The van der Waals surface area contributed by atoms with Gasteiger partial charge in [0.2, 0.25) is 5.89 Å². The number of ether oxygens (including phenoxy) is 1. The molecule has 3 heterocycles. The zero-order valence-corrected chi connectivity index (χ0v) is 19.8. The molecule has 0 bridgehead atoms. The van der Waals surface area contributed by atoms with E-state index in [0.717, 1.165) is 35.2 Å². The monoisotopic (exact) mass is 485 g/mol. The Morgan fingerprint density at radius 1 is 1.09 bits per heavy atom. The van der Waals surface area contributed by atoms with Crippen molar-refractivity contribution in [2.24, 2.45) is 7.05 Å². The van der Waals surface area contributed by atoms with Gasteiger partial charge in [0, 0.05) is 29.2 Å². The minimum absolute atomic E-state index is 0.389. The van der Waals surface area contributed by atoms with E-state index in [-0.39, 0.29) is 0 Å². The van der Waals surface area contributed by atoms with Gasteiger partial charge in [0.1, 0.15) is 17.5 Å². The second kappa shape index (κ2) is 8.32. The Hall–Kier alpha value is -4.04. The summed E-state index contributed by atoms with van der Waals surface area (Å²) in [5.41, 5.74) is 5.96. The number of hydrogen-bond donors (Lipinski definition) is 0. The summed E-state index contributed by atoms with van der Waals surface area (Å²) in [6.07, 6.45) is 3.86. The first-order chi connectivity index (χ1) is 17.0. The van der Waals surface area contributed by atoms with Crippen LogP contribution in [0.4, 0.5) is 0 Å². The summed E-state index contributed by atoms with van der Waals surface area (Å²) in [7, 11) is 3.25. The minimum Gasteiger partial charge on any atom is -0.465 e. The predicted molar refractivity (Wildman–Crippen MR) is 131 cm³/mol. The topological polar surface area (TPSA) is 95.9 Å². The van der Waals surface area contributed by atoms with Gasteiger partial charge in [-0.3, -0.25) is 0 Å². The maximum absolute atomic E-state index is 11.9. The lowest BCUT2D eigenvalue weighted by Crippen LogP contribution is -2.00. The number of oxazole rings is 1. The highest BCUT2D eigenvalue weighted by Gasteiger charge is 2.27. The molecule has 1 aliphatic carbocycles. The van der Waals surface area contributed by atoms with E-state index in [9.17, 15) is 4.79 Å². The van der Waals surface area contributed by atoms with Crippen LogP contribution in [0.25, 0.3) is 45.2 Å². The maximum atomic E-state index is 11.9. The smallest absolute Gasteiger partial charge is 0.337 e. The van der Waals surface area contributed by atoms with E-state index in [4.69, 9.17) is 25.7 Å². The number of fused-ring (bicyclic) bond motifs is 1. The van der Waals surface area contributed by atoms with Gasteiger partial charge in [0.05, 0.1) is 12.7 Å². The summed E-state index contributed by atoms with van der Waals surface area (Å²) in [6, 6.07) is 14.8. The Balaban J connectivity index is 1.51. The Kier molecular flexibility index (Phi) is 5.11. The van der Waals surface area contributed by atoms with Crippen molar-refractivity contribution in [2.45, 2.75) is 18.8 Å². The molecule has 35 heavy (non-hydrogen) atoms. The van der Waals surface area contributed by atoms with Crippen LogP contribution in [0.2, 0.25) is 5.02 Å². The largest absolute Gasteiger partial charge is 0.465 e. The molecule has 0 N–H and O–H groups in total. The van der Waals surface area contributed by atoms with Gasteiger partial charge in [-0.25, -0.2) is 14.8 Å². The number of aryl methyl sites for hydroxylation is 1. The van der Waals surface area contributed by atoms with Crippen molar-refractivity contribution in [3.05, 3.63) is 71.1 Å². The van der Waals surface area contributed by atoms with E-state index >= 15 is 0 Å². The van der Waals surface area contributed by atoms with E-state index in [2.05, 4.69) is 21.2 Å². The average Bonchev–Trinajstić information content (AvgIpc) is 3.50. The molecule has 1 saturated carbocycles. The lowest BCUT2D eigenvalue weighted by atomic mass is 9.97. The van der Waals surface area contributed by atoms with Crippen molar-refractivity contribution in [3.8, 4) is 34.1 Å². The third-order valence-electron chi connectivity index (χ3n) is 6.11. The number of aromatic nitrogens is 5. The first-order valence-electron chi connectivity index (χ1n) is 11.2. The molecule has 0 unspecified atom stereocenters. The zero-order valence-electron chi connectivity index (χ0n) is 19.0. The molecule has 0 aliphatic heterocycles. The summed E-state index contributed by atoms with van der Waals surface area (Å²) >= 11 is 6.36. The number of hydrogen-bond acceptors (Lipinski definition) is 7. The second-order valence-electron chi connectivity index (χ2n) is 8.59. The van der Waals surface area contributed by atoms with Crippen LogP contribution in [-0.2, 0) is 11.8 Å². The van der Waals surface area contributed by atoms with Gasteiger partial charge in [-0.1, -0.05) is 17.7 Å². The number of halogens is 1. The number of nitrogens with zero attached hydrogens (tertiary/aromatic N) is 5. The first kappa shape index (κ1) is 21.5. The molecule has 0 atom stereocenters. The molecule has 0 spiro atoms. The first-order valence-corrected chi connectivity index (χ1v) is 11.5. The van der Waals surface area contributed by atoms with Crippen LogP contribution in [0, 0.1) is 0 Å². The molecule has 6 rings (SSSR count). The molecule has 1 fully saturated rings. The highest BCUT2D eigenvalue weighted by atomic mass is 35.5. The molecular formula is C26H20ClN5O3. The lowest BCUT2D eigenvalue weighted by Gasteiger charge is -2.12. The van der Waals surface area contributed by atoms with Gasteiger partial charge < -0.3 is 13.7 Å². The molecule has 0 radical (unpaired) electrons. The summed E-state index contributed by atoms with van der Waals surface area (Å²) in [4.78, 5) is 21.4. The van der Waals surface area contributed by atoms with E-state index in [0.29, 0.717) is 45.0 Å². The van der Waals surface area contributed by atoms with Crippen molar-refractivity contribution in [1.82, 2.24) is 24.7 Å². The number of benzene rings is 2. The lowest BCUT2D eigenvalue weighted by molar-refractivity contribution is 0.0601. The number of rotatable bonds is 5. The molecule has 0 saturated heterocycles. The highest BCUT2D eigenvalue weighted by molar-refractivity contribution is 6.31. The van der Waals surface area contributed by atoms with Gasteiger partial charge in [0.15, 0.2) is 11.4 Å². The maximum Gasteiger partial charge on any atom is 0.337 e. The fourth-order valence-electron chi connectivity index (χ4n) is 4.17. The quantitative estimate of drug-likeness (QED) is 0.296. The molecule has 5 aromatic rings. The Bertz CT molecular complexity index is 1600. The third kappa shape index (κ3) is 3.95. The van der Waals surface area contributed by atoms with E-state index < -0.39 is 5.97 Å². The second-order valence-corrected chi connectivity index (χ2v) is 9.03. The fourth-order valence-corrected chi connectivity index (χ4v) is 4.34. The van der Waals surface area contributed by atoms with Crippen molar-refractivity contribution < 1.29 is 13.9 Å². The number of carbonyl (C=O) groups excluding carboxylic acids is 1.